The van der Waals surface area contributed by atoms with Crippen LogP contribution < -0.4 is 5.32 Å². The molecule has 0 aliphatic carbocycles. The van der Waals surface area contributed by atoms with Gasteiger partial charge >= 0.3 is 6.03 Å². The van der Waals surface area contributed by atoms with Gasteiger partial charge in [-0.25, -0.2) is 9.78 Å². The fourth-order valence-electron chi connectivity index (χ4n) is 3.36. The molecular formula is C24H26N4O2S. The van der Waals surface area contributed by atoms with Crippen LogP contribution >= 0.6 is 11.3 Å². The quantitative estimate of drug-likeness (QED) is 0.420. The van der Waals surface area contributed by atoms with Crippen LogP contribution in [0.4, 0.5) is 10.5 Å². The summed E-state index contributed by atoms with van der Waals surface area (Å²) in [5.74, 6) is 0. The lowest BCUT2D eigenvalue weighted by Gasteiger charge is -2.22. The predicted molar refractivity (Wildman–Crippen MR) is 126 cm³/mol. The number of nitrogens with one attached hydrogen (secondary N) is 1. The number of hydrogen-bond donors (Lipinski definition) is 1. The highest BCUT2D eigenvalue weighted by atomic mass is 32.1. The Labute approximate surface area is 186 Å². The summed E-state index contributed by atoms with van der Waals surface area (Å²) >= 11 is 1.62. The van der Waals surface area contributed by atoms with Gasteiger partial charge in [-0.3, -0.25) is 4.40 Å². The largest absolute Gasteiger partial charge is 0.383 e. The third kappa shape index (κ3) is 5.13. The smallest absolute Gasteiger partial charge is 0.321 e. The molecule has 31 heavy (non-hydrogen) atoms. The van der Waals surface area contributed by atoms with Crippen molar-refractivity contribution >= 4 is 28.0 Å². The number of hydrogen-bond acceptors (Lipinski definition) is 4. The van der Waals surface area contributed by atoms with E-state index in [1.807, 2.05) is 49.4 Å². The van der Waals surface area contributed by atoms with Gasteiger partial charge in [0.15, 0.2) is 4.96 Å². The maximum atomic E-state index is 12.9. The average Bonchev–Trinajstić information content (AvgIpc) is 3.37. The van der Waals surface area contributed by atoms with Crippen LogP contribution in [0.25, 0.3) is 16.2 Å². The van der Waals surface area contributed by atoms with E-state index in [4.69, 9.17) is 9.72 Å². The van der Waals surface area contributed by atoms with Crippen molar-refractivity contribution in [3.63, 3.8) is 0 Å². The number of nitrogens with zero attached hydrogens (tertiary/aromatic N) is 3. The maximum absolute atomic E-state index is 12.9. The van der Waals surface area contributed by atoms with Crippen molar-refractivity contribution in [3.8, 4) is 11.3 Å². The first-order chi connectivity index (χ1) is 15.1. The Morgan fingerprint density at radius 2 is 1.90 bits per heavy atom. The highest BCUT2D eigenvalue weighted by Crippen LogP contribution is 2.24. The van der Waals surface area contributed by atoms with Crippen molar-refractivity contribution in [2.24, 2.45) is 0 Å². The minimum atomic E-state index is -0.122. The van der Waals surface area contributed by atoms with Crippen molar-refractivity contribution in [1.82, 2.24) is 14.3 Å². The van der Waals surface area contributed by atoms with E-state index >= 15 is 0 Å². The number of aromatic nitrogens is 2. The molecule has 0 saturated heterocycles. The van der Waals surface area contributed by atoms with Crippen LogP contribution in [0.5, 0.6) is 0 Å². The number of carbonyl (C=O) groups is 1. The molecule has 4 aromatic rings. The number of amides is 2. The number of rotatable bonds is 8. The summed E-state index contributed by atoms with van der Waals surface area (Å²) in [4.78, 5) is 20.4. The molecule has 2 aromatic heterocycles. The third-order valence-electron chi connectivity index (χ3n) is 5.15. The summed E-state index contributed by atoms with van der Waals surface area (Å²) < 4.78 is 7.34. The van der Waals surface area contributed by atoms with E-state index < -0.39 is 0 Å². The van der Waals surface area contributed by atoms with E-state index in [0.717, 1.165) is 39.6 Å². The minimum Gasteiger partial charge on any atom is -0.383 e. The highest BCUT2D eigenvalue weighted by Gasteiger charge is 2.16. The van der Waals surface area contributed by atoms with Crippen molar-refractivity contribution in [2.75, 3.05) is 32.1 Å². The molecule has 0 saturated carbocycles. The number of fused-ring (bicyclic) bond motifs is 1. The lowest BCUT2D eigenvalue weighted by molar-refractivity contribution is 0.155. The van der Waals surface area contributed by atoms with Gasteiger partial charge in [0, 0.05) is 55.1 Å². The normalized spacial score (nSPS) is 11.0. The first kappa shape index (κ1) is 21.1. The summed E-state index contributed by atoms with van der Waals surface area (Å²) in [6.45, 7) is 3.63. The molecule has 0 fully saturated rings. The molecule has 0 aliphatic heterocycles. The van der Waals surface area contributed by atoms with Crippen molar-refractivity contribution in [1.29, 1.82) is 0 Å². The second-order valence-electron chi connectivity index (χ2n) is 7.40. The number of urea groups is 1. The molecule has 2 heterocycles. The van der Waals surface area contributed by atoms with Gasteiger partial charge in [-0.1, -0.05) is 48.0 Å². The van der Waals surface area contributed by atoms with E-state index in [9.17, 15) is 4.79 Å². The molecular weight excluding hydrogens is 408 g/mol. The molecule has 2 aromatic carbocycles. The van der Waals surface area contributed by atoms with E-state index in [1.165, 1.54) is 0 Å². The van der Waals surface area contributed by atoms with E-state index in [0.29, 0.717) is 19.7 Å². The molecule has 0 aliphatic rings. The molecule has 6 nitrogen and oxygen atoms in total. The molecule has 0 bridgehead atoms. The van der Waals surface area contributed by atoms with Gasteiger partial charge in [0.25, 0.3) is 0 Å². The van der Waals surface area contributed by atoms with Crippen LogP contribution in [0.3, 0.4) is 0 Å². The minimum absolute atomic E-state index is 0.122. The molecule has 0 spiro atoms. The second kappa shape index (κ2) is 9.76. The fraction of sp³-hybridized carbons (Fsp3) is 0.250. The summed E-state index contributed by atoms with van der Waals surface area (Å²) in [6, 6.07) is 17.9. The van der Waals surface area contributed by atoms with Gasteiger partial charge in [-0.2, -0.15) is 0 Å². The van der Waals surface area contributed by atoms with Gasteiger partial charge in [0.05, 0.1) is 12.3 Å². The van der Waals surface area contributed by atoms with Gasteiger partial charge < -0.3 is 15.0 Å². The number of benzene rings is 2. The lowest BCUT2D eigenvalue weighted by Crippen LogP contribution is -2.38. The summed E-state index contributed by atoms with van der Waals surface area (Å²) in [7, 11) is 1.65. The number of ether oxygens (including phenoxy) is 1. The number of methoxy groups -OCH3 is 1. The zero-order valence-corrected chi connectivity index (χ0v) is 18.6. The monoisotopic (exact) mass is 434 g/mol. The molecule has 0 atom stereocenters. The number of thiazole rings is 1. The van der Waals surface area contributed by atoms with Crippen LogP contribution in [-0.4, -0.2) is 47.1 Å². The zero-order chi connectivity index (χ0) is 21.6. The summed E-state index contributed by atoms with van der Waals surface area (Å²) in [6.07, 6.45) is 2.80. The van der Waals surface area contributed by atoms with Crippen LogP contribution in [0.2, 0.25) is 0 Å². The highest BCUT2D eigenvalue weighted by molar-refractivity contribution is 7.15. The van der Waals surface area contributed by atoms with Gasteiger partial charge in [0.1, 0.15) is 0 Å². The van der Waals surface area contributed by atoms with Crippen LogP contribution in [0, 0.1) is 6.92 Å². The van der Waals surface area contributed by atoms with Crippen LogP contribution in [-0.2, 0) is 11.2 Å². The number of imidazole rings is 1. The lowest BCUT2D eigenvalue weighted by atomic mass is 10.2. The Balaban J connectivity index is 1.46. The Hall–Kier alpha value is -3.16. The number of aryl methyl sites for hydroxylation is 1. The molecule has 7 heteroatoms. The van der Waals surface area contributed by atoms with E-state index in [2.05, 4.69) is 33.4 Å². The third-order valence-corrected chi connectivity index (χ3v) is 6.03. The zero-order valence-electron chi connectivity index (χ0n) is 17.7. The Kier molecular flexibility index (Phi) is 6.64. The first-order valence-electron chi connectivity index (χ1n) is 10.3. The van der Waals surface area contributed by atoms with Crippen molar-refractivity contribution < 1.29 is 9.53 Å². The molecule has 4 rings (SSSR count). The SMILES string of the molecule is COCCN(CCc1csc2nc(-c3ccccc3)cn12)C(=O)Nc1ccc(C)cc1. The topological polar surface area (TPSA) is 58.9 Å². The molecule has 2 amide bonds. The molecule has 160 valence electrons. The van der Waals surface area contributed by atoms with Crippen LogP contribution in [0.15, 0.2) is 66.2 Å². The number of anilines is 1. The maximum Gasteiger partial charge on any atom is 0.321 e. The standard InChI is InChI=1S/C24H26N4O2S/c1-18-8-10-20(11-9-18)25-23(29)27(14-15-30-2)13-12-21-17-31-24-26-22(16-28(21)24)19-6-4-3-5-7-19/h3-11,16-17H,12-15H2,1-2H3,(H,25,29). The Morgan fingerprint density at radius 3 is 2.65 bits per heavy atom. The Morgan fingerprint density at radius 1 is 1.13 bits per heavy atom. The van der Waals surface area contributed by atoms with Gasteiger partial charge in [-0.15, -0.1) is 11.3 Å². The van der Waals surface area contributed by atoms with Gasteiger partial charge in [0.2, 0.25) is 0 Å². The average molecular weight is 435 g/mol. The number of carbonyl (C=O) groups excluding carboxylic acids is 1. The van der Waals surface area contributed by atoms with Crippen molar-refractivity contribution in [3.05, 3.63) is 77.4 Å². The van der Waals surface area contributed by atoms with Gasteiger partial charge in [-0.05, 0) is 19.1 Å². The van der Waals surface area contributed by atoms with E-state index in [-0.39, 0.29) is 6.03 Å². The second-order valence-corrected chi connectivity index (χ2v) is 8.23. The summed E-state index contributed by atoms with van der Waals surface area (Å²) in [5, 5.41) is 5.10. The molecule has 0 unspecified atom stereocenters. The predicted octanol–water partition coefficient (Wildman–Crippen LogP) is 5.09. The van der Waals surface area contributed by atoms with E-state index in [1.54, 1.807) is 23.3 Å². The van der Waals surface area contributed by atoms with Crippen LogP contribution in [0.1, 0.15) is 11.3 Å². The molecule has 1 N–H and O–H groups in total. The fourth-order valence-corrected chi connectivity index (χ4v) is 4.27. The summed E-state index contributed by atoms with van der Waals surface area (Å²) in [5.41, 5.74) is 5.15. The Bertz CT molecular complexity index is 1140. The van der Waals surface area contributed by atoms with Crippen molar-refractivity contribution in [2.45, 2.75) is 13.3 Å². The molecule has 0 radical (unpaired) electrons. The first-order valence-corrected chi connectivity index (χ1v) is 11.1.